The first-order chi connectivity index (χ1) is 14.9. The number of hydrogen-bond acceptors (Lipinski definition) is 2. The maximum atomic E-state index is 10.9. The zero-order valence-electron chi connectivity index (χ0n) is 21.8. The first-order valence-electron chi connectivity index (χ1n) is 13.8. The smallest absolute Gasteiger partial charge is 0.0594 e. The quantitative estimate of drug-likeness (QED) is 0.452. The molecule has 0 amide bonds. The summed E-state index contributed by atoms with van der Waals surface area (Å²) in [7, 11) is 0. The number of rotatable bonds is 2. The average Bonchev–Trinajstić information content (AvgIpc) is 3.12. The Labute approximate surface area is 197 Å². The molecule has 5 aliphatic rings. The summed E-state index contributed by atoms with van der Waals surface area (Å²) in [4.78, 5) is 0. The highest BCUT2D eigenvalue weighted by molar-refractivity contribution is 5.21. The van der Waals surface area contributed by atoms with E-state index in [9.17, 15) is 10.2 Å². The molecule has 0 bridgehead atoms. The van der Waals surface area contributed by atoms with Crippen LogP contribution in [-0.4, -0.2) is 22.9 Å². The summed E-state index contributed by atoms with van der Waals surface area (Å²) in [6, 6.07) is 0. The minimum atomic E-state index is -0.147. The fourth-order valence-corrected chi connectivity index (χ4v) is 11.5. The van der Waals surface area contributed by atoms with Gasteiger partial charge in [-0.2, -0.15) is 0 Å². The van der Waals surface area contributed by atoms with E-state index in [1.54, 1.807) is 0 Å². The Hall–Kier alpha value is -0.340. The molecule has 10 atom stereocenters. The molecule has 2 N–H and O–H groups in total. The second kappa shape index (κ2) is 7.09. The molecule has 32 heavy (non-hydrogen) atoms. The average molecular weight is 443 g/mol. The lowest BCUT2D eigenvalue weighted by Crippen LogP contribution is -2.66. The van der Waals surface area contributed by atoms with Gasteiger partial charge in [-0.3, -0.25) is 0 Å². The van der Waals surface area contributed by atoms with E-state index in [2.05, 4.69) is 48.1 Å². The zero-order valence-corrected chi connectivity index (χ0v) is 21.8. The van der Waals surface area contributed by atoms with Crippen LogP contribution in [0.1, 0.15) is 106 Å². The van der Waals surface area contributed by atoms with Gasteiger partial charge in [0.1, 0.15) is 0 Å². The third kappa shape index (κ3) is 2.66. The summed E-state index contributed by atoms with van der Waals surface area (Å²) in [5.74, 6) is 3.33. The van der Waals surface area contributed by atoms with E-state index >= 15 is 0 Å². The van der Waals surface area contributed by atoms with Gasteiger partial charge in [-0.15, -0.1) is 0 Å². The fourth-order valence-electron chi connectivity index (χ4n) is 11.5. The van der Waals surface area contributed by atoms with Crippen molar-refractivity contribution < 1.29 is 10.2 Å². The molecule has 0 aromatic carbocycles. The Morgan fingerprint density at radius 3 is 2.19 bits per heavy atom. The van der Waals surface area contributed by atoms with Crippen LogP contribution in [0, 0.1) is 56.7 Å². The van der Waals surface area contributed by atoms with Crippen LogP contribution in [0.25, 0.3) is 0 Å². The zero-order chi connectivity index (χ0) is 23.3. The number of aliphatic hydroxyl groups is 2. The standard InChI is InChI=1S/C30H50O2/c1-19(2)20-10-15-30(18-31)17-16-28(6)21(25(20)30)8-9-23-27(5)13-12-24(32)26(3,4)22(27)11-14-29(23,28)7/h20-25,31-32H,1,8-18H2,2-7H3/t20-,21?,22-,23+,24-,25+,27?,28+,29+,30+/m0/s1. The Kier molecular flexibility index (Phi) is 5.19. The summed E-state index contributed by atoms with van der Waals surface area (Å²) in [5, 5.41) is 21.5. The van der Waals surface area contributed by atoms with E-state index in [1.165, 1.54) is 63.4 Å². The number of aliphatic hydroxyl groups excluding tert-OH is 2. The van der Waals surface area contributed by atoms with Crippen LogP contribution in [0.15, 0.2) is 12.2 Å². The third-order valence-corrected chi connectivity index (χ3v) is 13.5. The molecule has 0 spiro atoms. The van der Waals surface area contributed by atoms with Crippen LogP contribution in [0.5, 0.6) is 0 Å². The highest BCUT2D eigenvalue weighted by Crippen LogP contribution is 2.77. The lowest BCUT2D eigenvalue weighted by atomic mass is 9.32. The van der Waals surface area contributed by atoms with Crippen LogP contribution in [0.4, 0.5) is 0 Å². The molecule has 5 fully saturated rings. The van der Waals surface area contributed by atoms with Gasteiger partial charge in [0.25, 0.3) is 0 Å². The van der Waals surface area contributed by atoms with Crippen molar-refractivity contribution in [3.8, 4) is 0 Å². The monoisotopic (exact) mass is 442 g/mol. The second-order valence-corrected chi connectivity index (χ2v) is 14.6. The summed E-state index contributed by atoms with van der Waals surface area (Å²) < 4.78 is 0. The van der Waals surface area contributed by atoms with Gasteiger partial charge in [0, 0.05) is 6.61 Å². The van der Waals surface area contributed by atoms with E-state index in [0.29, 0.717) is 40.6 Å². The molecule has 2 unspecified atom stereocenters. The molecule has 5 rings (SSSR count). The van der Waals surface area contributed by atoms with Crippen LogP contribution < -0.4 is 0 Å². The molecule has 5 aliphatic carbocycles. The van der Waals surface area contributed by atoms with Crippen molar-refractivity contribution in [3.05, 3.63) is 12.2 Å². The van der Waals surface area contributed by atoms with Crippen molar-refractivity contribution in [2.24, 2.45) is 56.7 Å². The molecule has 0 saturated heterocycles. The van der Waals surface area contributed by atoms with Gasteiger partial charge in [0.05, 0.1) is 6.10 Å². The fraction of sp³-hybridized carbons (Fsp3) is 0.933. The largest absolute Gasteiger partial charge is 0.396 e. The molecule has 0 aliphatic heterocycles. The van der Waals surface area contributed by atoms with Gasteiger partial charge in [-0.1, -0.05) is 46.8 Å². The SMILES string of the molecule is C=C(C)[C@@H]1CC[C@]2(CO)CC[C@]3(C)C(CC[C@@H]4C5(C)CC[C@H](O)C(C)(C)[C@@H]5CC[C@]43C)[C@@H]12. The lowest BCUT2D eigenvalue weighted by molar-refractivity contribution is -0.249. The van der Waals surface area contributed by atoms with E-state index in [0.717, 1.165) is 18.3 Å². The number of hydrogen-bond donors (Lipinski definition) is 2. The van der Waals surface area contributed by atoms with Gasteiger partial charge in [-0.05, 0) is 128 Å². The molecule has 0 heterocycles. The third-order valence-electron chi connectivity index (χ3n) is 13.5. The van der Waals surface area contributed by atoms with Crippen LogP contribution >= 0.6 is 0 Å². The maximum Gasteiger partial charge on any atom is 0.0594 e. The summed E-state index contributed by atoms with van der Waals surface area (Å²) in [6.07, 6.45) is 12.2. The topological polar surface area (TPSA) is 40.5 Å². The summed E-state index contributed by atoms with van der Waals surface area (Å²) >= 11 is 0. The molecule has 0 aromatic heterocycles. The van der Waals surface area contributed by atoms with Gasteiger partial charge in [-0.25, -0.2) is 0 Å². The van der Waals surface area contributed by atoms with E-state index in [1.807, 2.05) is 0 Å². The van der Waals surface area contributed by atoms with Crippen molar-refractivity contribution in [3.63, 3.8) is 0 Å². The van der Waals surface area contributed by atoms with Crippen molar-refractivity contribution in [2.45, 2.75) is 112 Å². The normalized spacial score (nSPS) is 56.5. The van der Waals surface area contributed by atoms with Crippen LogP contribution in [-0.2, 0) is 0 Å². The lowest BCUT2D eigenvalue weighted by Gasteiger charge is -2.73. The molecular formula is C30H50O2. The van der Waals surface area contributed by atoms with Gasteiger partial charge < -0.3 is 10.2 Å². The highest BCUT2D eigenvalue weighted by atomic mass is 16.3. The second-order valence-electron chi connectivity index (χ2n) is 14.6. The van der Waals surface area contributed by atoms with E-state index < -0.39 is 0 Å². The van der Waals surface area contributed by atoms with E-state index in [-0.39, 0.29) is 16.9 Å². The first-order valence-corrected chi connectivity index (χ1v) is 13.8. The Morgan fingerprint density at radius 2 is 1.53 bits per heavy atom. The van der Waals surface area contributed by atoms with Crippen molar-refractivity contribution >= 4 is 0 Å². The Balaban J connectivity index is 1.55. The molecular weight excluding hydrogens is 392 g/mol. The first kappa shape index (κ1) is 23.4. The molecule has 182 valence electrons. The van der Waals surface area contributed by atoms with Gasteiger partial charge >= 0.3 is 0 Å². The molecule has 0 aromatic rings. The van der Waals surface area contributed by atoms with Gasteiger partial charge in [0.15, 0.2) is 0 Å². The summed E-state index contributed by atoms with van der Waals surface area (Å²) in [6.45, 7) is 19.7. The Bertz CT molecular complexity index is 786. The summed E-state index contributed by atoms with van der Waals surface area (Å²) in [5.41, 5.74) is 2.60. The van der Waals surface area contributed by atoms with Crippen LogP contribution in [0.3, 0.4) is 0 Å². The number of fused-ring (bicyclic) bond motifs is 7. The predicted molar refractivity (Wildman–Crippen MR) is 132 cm³/mol. The Morgan fingerprint density at radius 1 is 0.812 bits per heavy atom. The van der Waals surface area contributed by atoms with Gasteiger partial charge in [0.2, 0.25) is 0 Å². The molecule has 2 heteroatoms. The number of allylic oxidation sites excluding steroid dienone is 1. The highest BCUT2D eigenvalue weighted by Gasteiger charge is 2.70. The van der Waals surface area contributed by atoms with Crippen LogP contribution in [0.2, 0.25) is 0 Å². The maximum absolute atomic E-state index is 10.9. The molecule has 0 radical (unpaired) electrons. The van der Waals surface area contributed by atoms with Crippen molar-refractivity contribution in [1.29, 1.82) is 0 Å². The van der Waals surface area contributed by atoms with Crippen molar-refractivity contribution in [2.75, 3.05) is 6.61 Å². The minimum absolute atomic E-state index is 0.0290. The van der Waals surface area contributed by atoms with Crippen molar-refractivity contribution in [1.82, 2.24) is 0 Å². The minimum Gasteiger partial charge on any atom is -0.396 e. The molecule has 2 nitrogen and oxygen atoms in total. The predicted octanol–water partition coefficient (Wildman–Crippen LogP) is 7.00. The molecule has 5 saturated carbocycles. The van der Waals surface area contributed by atoms with E-state index in [4.69, 9.17) is 0 Å².